The van der Waals surface area contributed by atoms with Gasteiger partial charge >= 0.3 is 0 Å². The number of piperidine rings is 1. The van der Waals surface area contributed by atoms with Crippen molar-refractivity contribution in [1.82, 2.24) is 10.2 Å². The van der Waals surface area contributed by atoms with Crippen LogP contribution in [0.4, 0.5) is 0 Å². The van der Waals surface area contributed by atoms with E-state index < -0.39 is 0 Å². The normalized spacial score (nSPS) is 31.0. The van der Waals surface area contributed by atoms with Crippen LogP contribution in [0.15, 0.2) is 0 Å². The van der Waals surface area contributed by atoms with Crippen LogP contribution in [0.3, 0.4) is 0 Å². The molecule has 0 aromatic heterocycles. The Bertz CT molecular complexity index is 316. The summed E-state index contributed by atoms with van der Waals surface area (Å²) in [5.41, 5.74) is 0. The molecule has 4 heteroatoms. The SMILES string of the molecule is CCCCNC(=O)[C@@H]1CC[C@@H](C)N(C[C@@H]2CCCCO2)C1. The van der Waals surface area contributed by atoms with Crippen LogP contribution in [-0.2, 0) is 9.53 Å². The van der Waals surface area contributed by atoms with Gasteiger partial charge in [0.2, 0.25) is 5.91 Å². The molecule has 122 valence electrons. The summed E-state index contributed by atoms with van der Waals surface area (Å²) in [6, 6.07) is 0.579. The highest BCUT2D eigenvalue weighted by atomic mass is 16.5. The van der Waals surface area contributed by atoms with Crippen molar-refractivity contribution in [1.29, 1.82) is 0 Å². The van der Waals surface area contributed by atoms with Crippen LogP contribution in [0.2, 0.25) is 0 Å². The molecule has 1 amide bonds. The molecule has 0 aromatic rings. The van der Waals surface area contributed by atoms with Crippen LogP contribution >= 0.6 is 0 Å². The summed E-state index contributed by atoms with van der Waals surface area (Å²) < 4.78 is 5.86. The third kappa shape index (κ3) is 5.26. The Balaban J connectivity index is 1.79. The maximum absolute atomic E-state index is 12.2. The van der Waals surface area contributed by atoms with E-state index in [4.69, 9.17) is 4.74 Å². The average molecular weight is 296 g/mol. The molecule has 4 nitrogen and oxygen atoms in total. The maximum Gasteiger partial charge on any atom is 0.224 e. The molecule has 2 aliphatic rings. The molecule has 21 heavy (non-hydrogen) atoms. The second-order valence-electron chi connectivity index (χ2n) is 6.71. The first kappa shape index (κ1) is 16.8. The van der Waals surface area contributed by atoms with Crippen molar-refractivity contribution in [3.63, 3.8) is 0 Å². The molecule has 0 bridgehead atoms. The van der Waals surface area contributed by atoms with Gasteiger partial charge in [-0.15, -0.1) is 0 Å². The van der Waals surface area contributed by atoms with Crippen molar-refractivity contribution < 1.29 is 9.53 Å². The molecule has 0 aliphatic carbocycles. The zero-order valence-electron chi connectivity index (χ0n) is 13.8. The van der Waals surface area contributed by atoms with Crippen molar-refractivity contribution in [2.45, 2.75) is 70.9 Å². The van der Waals surface area contributed by atoms with Gasteiger partial charge in [0.05, 0.1) is 12.0 Å². The van der Waals surface area contributed by atoms with E-state index in [-0.39, 0.29) is 11.8 Å². The van der Waals surface area contributed by atoms with Crippen molar-refractivity contribution in [2.24, 2.45) is 5.92 Å². The quantitative estimate of drug-likeness (QED) is 0.766. The Hall–Kier alpha value is -0.610. The number of likely N-dealkylation sites (tertiary alicyclic amines) is 1. The minimum atomic E-state index is 0.168. The second kappa shape index (κ2) is 8.74. The lowest BCUT2D eigenvalue weighted by molar-refractivity contribution is -0.127. The van der Waals surface area contributed by atoms with E-state index in [0.29, 0.717) is 12.1 Å². The number of nitrogens with zero attached hydrogens (tertiary/aromatic N) is 1. The van der Waals surface area contributed by atoms with Gasteiger partial charge in [-0.3, -0.25) is 9.69 Å². The molecule has 2 fully saturated rings. The van der Waals surface area contributed by atoms with Gasteiger partial charge in [0.1, 0.15) is 0 Å². The highest BCUT2D eigenvalue weighted by molar-refractivity contribution is 5.78. The van der Waals surface area contributed by atoms with Crippen LogP contribution in [0.25, 0.3) is 0 Å². The standard InChI is InChI=1S/C17H32N2O2/c1-3-4-10-18-17(20)15-9-8-14(2)19(12-15)13-16-7-5-6-11-21-16/h14-16H,3-13H2,1-2H3,(H,18,20)/t14-,15-,16+/m1/s1. The van der Waals surface area contributed by atoms with E-state index in [1.54, 1.807) is 0 Å². The van der Waals surface area contributed by atoms with E-state index in [9.17, 15) is 4.79 Å². The van der Waals surface area contributed by atoms with E-state index >= 15 is 0 Å². The molecule has 0 saturated carbocycles. The number of carbonyl (C=O) groups excluding carboxylic acids is 1. The van der Waals surface area contributed by atoms with Crippen molar-refractivity contribution in [3.8, 4) is 0 Å². The first-order chi connectivity index (χ1) is 10.2. The average Bonchev–Trinajstić information content (AvgIpc) is 2.50. The van der Waals surface area contributed by atoms with Crippen LogP contribution < -0.4 is 5.32 Å². The summed E-state index contributed by atoms with van der Waals surface area (Å²) in [4.78, 5) is 14.7. The predicted molar refractivity (Wildman–Crippen MR) is 85.3 cm³/mol. The van der Waals surface area contributed by atoms with Crippen LogP contribution in [0, 0.1) is 5.92 Å². The van der Waals surface area contributed by atoms with Crippen molar-refractivity contribution in [3.05, 3.63) is 0 Å². The summed E-state index contributed by atoms with van der Waals surface area (Å²) in [5, 5.41) is 3.10. The lowest BCUT2D eigenvalue weighted by atomic mass is 9.92. The van der Waals surface area contributed by atoms with E-state index in [2.05, 4.69) is 24.1 Å². The predicted octanol–water partition coefficient (Wildman–Crippen LogP) is 2.57. The van der Waals surface area contributed by atoms with Gasteiger partial charge in [-0.25, -0.2) is 0 Å². The zero-order valence-corrected chi connectivity index (χ0v) is 13.8. The molecule has 0 spiro atoms. The van der Waals surface area contributed by atoms with Crippen molar-refractivity contribution in [2.75, 3.05) is 26.2 Å². The number of amides is 1. The minimum Gasteiger partial charge on any atom is -0.377 e. The summed E-state index contributed by atoms with van der Waals surface area (Å²) in [5.74, 6) is 0.423. The molecule has 3 atom stereocenters. The second-order valence-corrected chi connectivity index (χ2v) is 6.71. The lowest BCUT2D eigenvalue weighted by Crippen LogP contribution is -2.50. The molecular formula is C17H32N2O2. The fraction of sp³-hybridized carbons (Fsp3) is 0.941. The first-order valence-corrected chi connectivity index (χ1v) is 8.84. The zero-order chi connectivity index (χ0) is 15.1. The van der Waals surface area contributed by atoms with E-state index in [0.717, 1.165) is 51.9 Å². The Morgan fingerprint density at radius 2 is 2.14 bits per heavy atom. The molecule has 0 radical (unpaired) electrons. The Morgan fingerprint density at radius 3 is 2.86 bits per heavy atom. The summed E-state index contributed by atoms with van der Waals surface area (Å²) in [6.45, 7) is 8.08. The van der Waals surface area contributed by atoms with Crippen molar-refractivity contribution >= 4 is 5.91 Å². The van der Waals surface area contributed by atoms with Gasteiger partial charge in [-0.2, -0.15) is 0 Å². The first-order valence-electron chi connectivity index (χ1n) is 8.84. The molecule has 1 N–H and O–H groups in total. The van der Waals surface area contributed by atoms with Crippen LogP contribution in [0.5, 0.6) is 0 Å². The highest BCUT2D eigenvalue weighted by Crippen LogP contribution is 2.24. The molecular weight excluding hydrogens is 264 g/mol. The largest absolute Gasteiger partial charge is 0.377 e. The topological polar surface area (TPSA) is 41.6 Å². The summed E-state index contributed by atoms with van der Waals surface area (Å²) in [7, 11) is 0. The number of hydrogen-bond donors (Lipinski definition) is 1. The van der Waals surface area contributed by atoms with Gasteiger partial charge in [0, 0.05) is 32.3 Å². The van der Waals surface area contributed by atoms with Gasteiger partial charge < -0.3 is 10.1 Å². The Morgan fingerprint density at radius 1 is 1.29 bits per heavy atom. The molecule has 0 unspecified atom stereocenters. The summed E-state index contributed by atoms with van der Waals surface area (Å²) in [6.07, 6.45) is 8.41. The molecule has 2 saturated heterocycles. The molecule has 2 rings (SSSR count). The number of ether oxygens (including phenoxy) is 1. The molecule has 0 aromatic carbocycles. The van der Waals surface area contributed by atoms with Crippen LogP contribution in [0.1, 0.15) is 58.8 Å². The smallest absolute Gasteiger partial charge is 0.224 e. The van der Waals surface area contributed by atoms with Gasteiger partial charge in [0.15, 0.2) is 0 Å². The maximum atomic E-state index is 12.2. The van der Waals surface area contributed by atoms with Gasteiger partial charge in [-0.1, -0.05) is 13.3 Å². The number of nitrogens with one attached hydrogen (secondary N) is 1. The summed E-state index contributed by atoms with van der Waals surface area (Å²) >= 11 is 0. The van der Waals surface area contributed by atoms with Crippen LogP contribution in [-0.4, -0.2) is 49.2 Å². The van der Waals surface area contributed by atoms with E-state index in [1.165, 1.54) is 19.3 Å². The molecule has 2 aliphatic heterocycles. The van der Waals surface area contributed by atoms with Gasteiger partial charge in [0.25, 0.3) is 0 Å². The fourth-order valence-corrected chi connectivity index (χ4v) is 3.39. The number of hydrogen-bond acceptors (Lipinski definition) is 3. The number of rotatable bonds is 6. The Labute approximate surface area is 129 Å². The Kier molecular flexibility index (Phi) is 6.97. The number of carbonyl (C=O) groups is 1. The molecule has 2 heterocycles. The fourth-order valence-electron chi connectivity index (χ4n) is 3.39. The third-order valence-electron chi connectivity index (χ3n) is 4.92. The van der Waals surface area contributed by atoms with E-state index in [1.807, 2.05) is 0 Å². The minimum absolute atomic E-state index is 0.168. The lowest BCUT2D eigenvalue weighted by Gasteiger charge is -2.39. The monoisotopic (exact) mass is 296 g/mol. The third-order valence-corrected chi connectivity index (χ3v) is 4.92. The van der Waals surface area contributed by atoms with Gasteiger partial charge in [-0.05, 0) is 45.4 Å². The highest BCUT2D eigenvalue weighted by Gasteiger charge is 2.31. The number of unbranched alkanes of at least 4 members (excludes halogenated alkanes) is 1.